The molecule has 0 spiro atoms. The largest absolute Gasteiger partial charge is 0.495 e. The first-order valence-electron chi connectivity index (χ1n) is 6.50. The maximum Gasteiger partial charge on any atom is 0.223 e. The van der Waals surface area contributed by atoms with Crippen molar-refractivity contribution in [1.82, 2.24) is 9.97 Å². The maximum absolute atomic E-state index is 5.85. The van der Waals surface area contributed by atoms with Gasteiger partial charge >= 0.3 is 0 Å². The first-order valence-corrected chi connectivity index (χ1v) is 7.32. The summed E-state index contributed by atoms with van der Waals surface area (Å²) in [6.07, 6.45) is 0. The predicted molar refractivity (Wildman–Crippen MR) is 87.6 cm³/mol. The number of thiophene rings is 1. The highest BCUT2D eigenvalue weighted by atomic mass is 32.1. The van der Waals surface area contributed by atoms with Gasteiger partial charge in [0.15, 0.2) is 0 Å². The van der Waals surface area contributed by atoms with Crippen molar-refractivity contribution in [3.8, 4) is 5.75 Å². The summed E-state index contributed by atoms with van der Waals surface area (Å²) in [7, 11) is 3.61. The van der Waals surface area contributed by atoms with Crippen LogP contribution in [0.1, 0.15) is 4.88 Å². The number of benzene rings is 1. The van der Waals surface area contributed by atoms with E-state index in [-0.39, 0.29) is 5.95 Å². The fraction of sp³-hybridized carbons (Fsp3) is 0.200. The molecule has 21 heavy (non-hydrogen) atoms. The Kier molecular flexibility index (Phi) is 3.39. The van der Waals surface area contributed by atoms with Gasteiger partial charge in [-0.25, -0.2) is 4.98 Å². The van der Waals surface area contributed by atoms with Gasteiger partial charge in [-0.3, -0.25) is 0 Å². The van der Waals surface area contributed by atoms with E-state index in [0.717, 1.165) is 27.5 Å². The molecule has 0 amide bonds. The Balaban J connectivity index is 2.19. The van der Waals surface area contributed by atoms with E-state index in [1.807, 2.05) is 36.2 Å². The van der Waals surface area contributed by atoms with E-state index in [0.29, 0.717) is 0 Å². The number of anilines is 3. The van der Waals surface area contributed by atoms with E-state index in [1.165, 1.54) is 4.88 Å². The molecule has 5 nitrogen and oxygen atoms in total. The van der Waals surface area contributed by atoms with Crippen molar-refractivity contribution in [2.24, 2.45) is 0 Å². The minimum absolute atomic E-state index is 0.279. The van der Waals surface area contributed by atoms with Gasteiger partial charge in [-0.15, -0.1) is 11.3 Å². The van der Waals surface area contributed by atoms with Crippen molar-refractivity contribution < 1.29 is 4.74 Å². The van der Waals surface area contributed by atoms with Gasteiger partial charge in [0.25, 0.3) is 0 Å². The number of aromatic nitrogens is 2. The Morgan fingerprint density at radius 2 is 2.00 bits per heavy atom. The van der Waals surface area contributed by atoms with Gasteiger partial charge in [0.2, 0.25) is 5.95 Å². The minimum atomic E-state index is 0.279. The van der Waals surface area contributed by atoms with Crippen molar-refractivity contribution in [3.63, 3.8) is 0 Å². The van der Waals surface area contributed by atoms with Crippen molar-refractivity contribution in [3.05, 3.63) is 35.2 Å². The van der Waals surface area contributed by atoms with Crippen LogP contribution in [-0.2, 0) is 0 Å². The molecule has 0 bridgehead atoms. The number of ether oxygens (including phenoxy) is 1. The second kappa shape index (κ2) is 5.21. The van der Waals surface area contributed by atoms with Gasteiger partial charge in [0, 0.05) is 11.9 Å². The zero-order valence-corrected chi connectivity index (χ0v) is 12.9. The smallest absolute Gasteiger partial charge is 0.223 e. The lowest BCUT2D eigenvalue weighted by Gasteiger charge is -2.21. The van der Waals surface area contributed by atoms with E-state index < -0.39 is 0 Å². The van der Waals surface area contributed by atoms with Gasteiger partial charge in [-0.2, -0.15) is 4.98 Å². The van der Waals surface area contributed by atoms with Crippen LogP contribution in [0.3, 0.4) is 0 Å². The molecular weight excluding hydrogens is 284 g/mol. The molecule has 0 unspecified atom stereocenters. The maximum atomic E-state index is 5.85. The molecule has 1 aromatic carbocycles. The molecule has 0 atom stereocenters. The summed E-state index contributed by atoms with van der Waals surface area (Å²) in [5.41, 5.74) is 6.78. The molecule has 3 aromatic rings. The summed E-state index contributed by atoms with van der Waals surface area (Å²) in [4.78, 5) is 12.8. The van der Waals surface area contributed by atoms with Gasteiger partial charge in [-0.05, 0) is 25.1 Å². The van der Waals surface area contributed by atoms with Crippen molar-refractivity contribution >= 4 is 39.0 Å². The molecular formula is C15H16N4OS. The van der Waals surface area contributed by atoms with Crippen LogP contribution in [-0.4, -0.2) is 24.1 Å². The molecule has 2 heterocycles. The normalized spacial score (nSPS) is 10.8. The van der Waals surface area contributed by atoms with Crippen molar-refractivity contribution in [1.29, 1.82) is 0 Å². The Morgan fingerprint density at radius 3 is 2.76 bits per heavy atom. The molecule has 0 aliphatic rings. The number of nitrogen functional groups attached to an aromatic ring is 1. The highest BCUT2D eigenvalue weighted by molar-refractivity contribution is 7.18. The summed E-state index contributed by atoms with van der Waals surface area (Å²) in [5.74, 6) is 1.85. The summed E-state index contributed by atoms with van der Waals surface area (Å²) < 4.78 is 5.42. The quantitative estimate of drug-likeness (QED) is 0.803. The molecule has 0 aliphatic carbocycles. The average molecular weight is 300 g/mol. The third-order valence-corrected chi connectivity index (χ3v) is 4.22. The molecule has 0 radical (unpaired) electrons. The zero-order chi connectivity index (χ0) is 15.0. The number of nitrogens with two attached hydrogens (primary N) is 1. The number of hydrogen-bond donors (Lipinski definition) is 1. The number of nitrogens with zero attached hydrogens (tertiary/aromatic N) is 3. The van der Waals surface area contributed by atoms with Gasteiger partial charge in [0.1, 0.15) is 16.4 Å². The Hall–Kier alpha value is -2.34. The van der Waals surface area contributed by atoms with Crippen LogP contribution < -0.4 is 15.4 Å². The predicted octanol–water partition coefficient (Wildman–Crippen LogP) is 3.36. The Bertz CT molecular complexity index is 799. The molecule has 3 rings (SSSR count). The van der Waals surface area contributed by atoms with E-state index in [9.17, 15) is 0 Å². The second-order valence-corrected chi connectivity index (χ2v) is 5.95. The van der Waals surface area contributed by atoms with E-state index in [1.54, 1.807) is 18.4 Å². The summed E-state index contributed by atoms with van der Waals surface area (Å²) in [6.45, 7) is 2.05. The van der Waals surface area contributed by atoms with Crippen LogP contribution in [0.15, 0.2) is 30.3 Å². The Morgan fingerprint density at radius 1 is 1.24 bits per heavy atom. The van der Waals surface area contributed by atoms with E-state index in [4.69, 9.17) is 10.5 Å². The third-order valence-electron chi connectivity index (χ3n) is 3.28. The molecule has 0 aliphatic heterocycles. The molecule has 2 N–H and O–H groups in total. The lowest BCUT2D eigenvalue weighted by molar-refractivity contribution is 0.415. The van der Waals surface area contributed by atoms with Crippen LogP contribution in [0, 0.1) is 6.92 Å². The molecule has 0 saturated heterocycles. The van der Waals surface area contributed by atoms with Crippen LogP contribution in [0.25, 0.3) is 10.2 Å². The van der Waals surface area contributed by atoms with Gasteiger partial charge in [0.05, 0.1) is 18.2 Å². The molecule has 108 valence electrons. The van der Waals surface area contributed by atoms with Crippen LogP contribution in [0.4, 0.5) is 17.5 Å². The van der Waals surface area contributed by atoms with Crippen molar-refractivity contribution in [2.75, 3.05) is 24.8 Å². The topological polar surface area (TPSA) is 64.3 Å². The average Bonchev–Trinajstić information content (AvgIpc) is 2.85. The number of fused-ring (bicyclic) bond motifs is 1. The highest BCUT2D eigenvalue weighted by Gasteiger charge is 2.16. The number of hydrogen-bond acceptors (Lipinski definition) is 6. The Labute approximate surface area is 127 Å². The van der Waals surface area contributed by atoms with Gasteiger partial charge in [-0.1, -0.05) is 12.1 Å². The van der Waals surface area contributed by atoms with Gasteiger partial charge < -0.3 is 15.4 Å². The molecule has 0 saturated carbocycles. The summed E-state index contributed by atoms with van der Waals surface area (Å²) >= 11 is 1.61. The third kappa shape index (κ3) is 2.38. The van der Waals surface area contributed by atoms with Crippen LogP contribution in [0.5, 0.6) is 5.75 Å². The lowest BCUT2D eigenvalue weighted by atomic mass is 10.2. The number of methoxy groups -OCH3 is 1. The number of para-hydroxylation sites is 2. The summed E-state index contributed by atoms with van der Waals surface area (Å²) in [6, 6.07) is 9.90. The van der Waals surface area contributed by atoms with Crippen LogP contribution >= 0.6 is 11.3 Å². The first-order chi connectivity index (χ1) is 10.1. The SMILES string of the molecule is COc1ccccc1N(C)c1nc(N)nc2sc(C)cc12. The van der Waals surface area contributed by atoms with E-state index in [2.05, 4.69) is 23.0 Å². The molecule has 2 aromatic heterocycles. The standard InChI is InChI=1S/C15H16N4OS/c1-9-8-10-13(17-15(16)18-14(10)21-9)19(2)11-6-4-5-7-12(11)20-3/h4-8H,1-3H3,(H2,16,17,18). The molecule has 6 heteroatoms. The fourth-order valence-corrected chi connectivity index (χ4v) is 3.20. The summed E-state index contributed by atoms with van der Waals surface area (Å²) in [5, 5.41) is 1.00. The first kappa shape index (κ1) is 13.6. The fourth-order valence-electron chi connectivity index (χ4n) is 2.32. The molecule has 0 fully saturated rings. The monoisotopic (exact) mass is 300 g/mol. The lowest BCUT2D eigenvalue weighted by Crippen LogP contribution is -2.14. The highest BCUT2D eigenvalue weighted by Crippen LogP contribution is 2.37. The minimum Gasteiger partial charge on any atom is -0.495 e. The van der Waals surface area contributed by atoms with Crippen LogP contribution in [0.2, 0.25) is 0 Å². The number of aryl methyl sites for hydroxylation is 1. The van der Waals surface area contributed by atoms with E-state index >= 15 is 0 Å². The second-order valence-electron chi connectivity index (χ2n) is 4.71. The van der Waals surface area contributed by atoms with Crippen molar-refractivity contribution in [2.45, 2.75) is 6.92 Å². The number of rotatable bonds is 3. The zero-order valence-electron chi connectivity index (χ0n) is 12.1.